The Kier molecular flexibility index (Phi) is 8.23. The second-order valence-electron chi connectivity index (χ2n) is 8.36. The number of carbonyl (C=O) groups excluding carboxylic acids is 1. The van der Waals surface area contributed by atoms with Crippen molar-refractivity contribution in [2.24, 2.45) is 0 Å². The first-order chi connectivity index (χ1) is 16.6. The molecule has 0 saturated carbocycles. The van der Waals surface area contributed by atoms with Crippen LogP contribution >= 0.6 is 11.3 Å². The van der Waals surface area contributed by atoms with Gasteiger partial charge in [-0.25, -0.2) is 9.97 Å². The molecule has 0 bridgehead atoms. The van der Waals surface area contributed by atoms with Crippen LogP contribution < -0.4 is 5.32 Å². The van der Waals surface area contributed by atoms with Gasteiger partial charge < -0.3 is 25.0 Å². The van der Waals surface area contributed by atoms with Gasteiger partial charge in [0.15, 0.2) is 0 Å². The zero-order valence-electron chi connectivity index (χ0n) is 19.6. The molecule has 3 aromatic rings. The monoisotopic (exact) mass is 481 g/mol. The lowest BCUT2D eigenvalue weighted by Crippen LogP contribution is -2.34. The molecule has 3 heterocycles. The number of thiophene rings is 1. The standard InChI is InChI=1S/C25H31N5O3S/c1-29(13-14-33-2)11-6-9-22(32)30-12-10-19-21(15-30)34-25-23(19)24(26-17-27-25)28-20(16-31)18-7-4-3-5-8-18/h3-9,17,20,31H,10-16H2,1-2H3,(H,26,27,28)/b9-6+/t20-/m1/s1. The molecule has 4 rings (SSSR count). The molecule has 0 unspecified atom stereocenters. The van der Waals surface area contributed by atoms with Gasteiger partial charge in [0.1, 0.15) is 17.0 Å². The molecule has 180 valence electrons. The summed E-state index contributed by atoms with van der Waals surface area (Å²) >= 11 is 1.61. The molecule has 1 aliphatic rings. The zero-order chi connectivity index (χ0) is 23.9. The number of anilines is 1. The molecule has 0 aliphatic carbocycles. The molecular weight excluding hydrogens is 450 g/mol. The number of ether oxygens (including phenoxy) is 1. The quantitative estimate of drug-likeness (QED) is 0.430. The van der Waals surface area contributed by atoms with Crippen LogP contribution in [0.3, 0.4) is 0 Å². The summed E-state index contributed by atoms with van der Waals surface area (Å²) in [7, 11) is 3.69. The van der Waals surface area contributed by atoms with E-state index in [4.69, 9.17) is 4.74 Å². The number of hydrogen-bond acceptors (Lipinski definition) is 8. The molecule has 1 atom stereocenters. The van der Waals surface area contributed by atoms with Crippen molar-refractivity contribution in [2.75, 3.05) is 52.3 Å². The Morgan fingerprint density at radius 1 is 1.35 bits per heavy atom. The van der Waals surface area contributed by atoms with Crippen molar-refractivity contribution in [2.45, 2.75) is 19.0 Å². The fourth-order valence-electron chi connectivity index (χ4n) is 4.09. The largest absolute Gasteiger partial charge is 0.394 e. The van der Waals surface area contributed by atoms with Crippen molar-refractivity contribution in [3.63, 3.8) is 0 Å². The Morgan fingerprint density at radius 2 is 2.18 bits per heavy atom. The number of aromatic nitrogens is 2. The summed E-state index contributed by atoms with van der Waals surface area (Å²) in [5.41, 5.74) is 2.19. The van der Waals surface area contributed by atoms with Crippen LogP contribution in [-0.4, -0.2) is 77.8 Å². The smallest absolute Gasteiger partial charge is 0.246 e. The van der Waals surface area contributed by atoms with E-state index >= 15 is 0 Å². The van der Waals surface area contributed by atoms with Crippen LogP contribution in [0.25, 0.3) is 10.2 Å². The zero-order valence-corrected chi connectivity index (χ0v) is 20.4. The molecule has 1 amide bonds. The number of carbonyl (C=O) groups is 1. The highest BCUT2D eigenvalue weighted by Gasteiger charge is 2.26. The summed E-state index contributed by atoms with van der Waals surface area (Å²) in [5.74, 6) is 0.751. The van der Waals surface area contributed by atoms with Crippen molar-refractivity contribution in [3.8, 4) is 0 Å². The van der Waals surface area contributed by atoms with E-state index in [1.807, 2.05) is 48.4 Å². The Morgan fingerprint density at radius 3 is 2.94 bits per heavy atom. The summed E-state index contributed by atoms with van der Waals surface area (Å²) in [6, 6.07) is 9.59. The number of likely N-dealkylation sites (N-methyl/N-ethyl adjacent to an activating group) is 1. The maximum Gasteiger partial charge on any atom is 0.246 e. The van der Waals surface area contributed by atoms with Gasteiger partial charge in [0, 0.05) is 37.7 Å². The number of aliphatic hydroxyl groups is 1. The number of methoxy groups -OCH3 is 1. The van der Waals surface area contributed by atoms with E-state index in [0.29, 0.717) is 26.2 Å². The normalized spacial score (nSPS) is 14.6. The molecule has 9 heteroatoms. The predicted octanol–water partition coefficient (Wildman–Crippen LogP) is 2.86. The van der Waals surface area contributed by atoms with Crippen LogP contribution in [0.4, 0.5) is 5.82 Å². The fourth-order valence-corrected chi connectivity index (χ4v) is 5.29. The lowest BCUT2D eigenvalue weighted by molar-refractivity contribution is -0.126. The molecule has 1 aromatic carbocycles. The Hall–Kier alpha value is -2.85. The van der Waals surface area contributed by atoms with Crippen LogP contribution in [0.5, 0.6) is 0 Å². The average molecular weight is 482 g/mol. The first-order valence-electron chi connectivity index (χ1n) is 11.4. The molecule has 8 nitrogen and oxygen atoms in total. The molecule has 2 N–H and O–H groups in total. The van der Waals surface area contributed by atoms with Gasteiger partial charge in [0.2, 0.25) is 5.91 Å². The predicted molar refractivity (Wildman–Crippen MR) is 135 cm³/mol. The minimum atomic E-state index is -0.260. The van der Waals surface area contributed by atoms with Crippen LogP contribution in [0.15, 0.2) is 48.8 Å². The second kappa shape index (κ2) is 11.5. The van der Waals surface area contributed by atoms with Crippen LogP contribution in [0, 0.1) is 0 Å². The van der Waals surface area contributed by atoms with E-state index in [9.17, 15) is 9.90 Å². The highest BCUT2D eigenvalue weighted by atomic mass is 32.1. The van der Waals surface area contributed by atoms with E-state index in [1.165, 1.54) is 5.56 Å². The summed E-state index contributed by atoms with van der Waals surface area (Å²) < 4.78 is 5.09. The summed E-state index contributed by atoms with van der Waals surface area (Å²) in [4.78, 5) is 27.8. The van der Waals surface area contributed by atoms with Gasteiger partial charge in [-0.3, -0.25) is 4.79 Å². The summed E-state index contributed by atoms with van der Waals surface area (Å²) in [6.07, 6.45) is 5.88. The van der Waals surface area contributed by atoms with Crippen LogP contribution in [0.1, 0.15) is 22.0 Å². The average Bonchev–Trinajstić information content (AvgIpc) is 3.25. The van der Waals surface area contributed by atoms with Gasteiger partial charge in [-0.2, -0.15) is 0 Å². The minimum Gasteiger partial charge on any atom is -0.394 e. The summed E-state index contributed by atoms with van der Waals surface area (Å²) in [6.45, 7) is 3.37. The highest BCUT2D eigenvalue weighted by molar-refractivity contribution is 7.19. The Balaban J connectivity index is 1.48. The third-order valence-electron chi connectivity index (χ3n) is 6.00. The Bertz CT molecular complexity index is 1130. The van der Waals surface area contributed by atoms with Crippen molar-refractivity contribution < 1.29 is 14.6 Å². The summed E-state index contributed by atoms with van der Waals surface area (Å²) in [5, 5.41) is 14.4. The molecule has 1 aliphatic heterocycles. The molecule has 34 heavy (non-hydrogen) atoms. The van der Waals surface area contributed by atoms with E-state index in [-0.39, 0.29) is 18.6 Å². The van der Waals surface area contributed by atoms with Crippen LogP contribution in [-0.2, 0) is 22.5 Å². The number of rotatable bonds is 10. The van der Waals surface area contributed by atoms with E-state index in [2.05, 4.69) is 20.2 Å². The molecular formula is C25H31N5O3S. The van der Waals surface area contributed by atoms with E-state index in [1.54, 1.807) is 30.8 Å². The van der Waals surface area contributed by atoms with Gasteiger partial charge in [-0.15, -0.1) is 11.3 Å². The highest BCUT2D eigenvalue weighted by Crippen LogP contribution is 2.38. The first-order valence-corrected chi connectivity index (χ1v) is 12.2. The maximum atomic E-state index is 12.8. The number of hydrogen-bond donors (Lipinski definition) is 2. The van der Waals surface area contributed by atoms with Crippen molar-refractivity contribution in [3.05, 3.63) is 64.8 Å². The number of nitrogens with zero attached hydrogens (tertiary/aromatic N) is 4. The minimum absolute atomic E-state index is 0.0251. The first kappa shape index (κ1) is 24.3. The molecule has 0 fully saturated rings. The van der Waals surface area contributed by atoms with Gasteiger partial charge >= 0.3 is 0 Å². The third kappa shape index (κ3) is 5.61. The topological polar surface area (TPSA) is 90.8 Å². The molecule has 0 saturated heterocycles. The number of amides is 1. The number of nitrogens with one attached hydrogen (secondary N) is 1. The van der Waals surface area contributed by atoms with E-state index < -0.39 is 0 Å². The second-order valence-corrected chi connectivity index (χ2v) is 9.45. The van der Waals surface area contributed by atoms with E-state index in [0.717, 1.165) is 39.4 Å². The van der Waals surface area contributed by atoms with Crippen molar-refractivity contribution >= 4 is 33.3 Å². The van der Waals surface area contributed by atoms with Gasteiger partial charge in [0.25, 0.3) is 0 Å². The molecule has 0 spiro atoms. The molecule has 2 aromatic heterocycles. The van der Waals surface area contributed by atoms with Gasteiger partial charge in [-0.1, -0.05) is 36.4 Å². The SMILES string of the molecule is COCCN(C)C/C=C/C(=O)N1CCc2c(sc3ncnc(N[C@H](CO)c4ccccc4)c23)C1. The molecule has 0 radical (unpaired) electrons. The number of benzene rings is 1. The number of aliphatic hydroxyl groups excluding tert-OH is 1. The number of fused-ring (bicyclic) bond motifs is 3. The lowest BCUT2D eigenvalue weighted by atomic mass is 10.0. The van der Waals surface area contributed by atoms with Gasteiger partial charge in [-0.05, 0) is 24.6 Å². The van der Waals surface area contributed by atoms with Crippen molar-refractivity contribution in [1.29, 1.82) is 0 Å². The maximum absolute atomic E-state index is 12.8. The fraction of sp³-hybridized carbons (Fsp3) is 0.400. The lowest BCUT2D eigenvalue weighted by Gasteiger charge is -2.26. The third-order valence-corrected chi connectivity index (χ3v) is 7.12. The Labute approximate surface area is 203 Å². The van der Waals surface area contributed by atoms with Crippen LogP contribution in [0.2, 0.25) is 0 Å². The van der Waals surface area contributed by atoms with Crippen molar-refractivity contribution in [1.82, 2.24) is 19.8 Å². The van der Waals surface area contributed by atoms with Gasteiger partial charge in [0.05, 0.1) is 31.2 Å².